The Morgan fingerprint density at radius 1 is 0.923 bits per heavy atom. The molecule has 0 aliphatic heterocycles. The van der Waals surface area contributed by atoms with Gasteiger partial charge in [-0.15, -0.1) is 0 Å². The average molecular weight is 348 g/mol. The fraction of sp³-hybridized carbons (Fsp3) is 0.348. The fourth-order valence-corrected chi connectivity index (χ4v) is 3.54. The first kappa shape index (κ1) is 18.4. The fourth-order valence-electron chi connectivity index (χ4n) is 3.54. The Morgan fingerprint density at radius 3 is 2.19 bits per heavy atom. The van der Waals surface area contributed by atoms with Crippen molar-refractivity contribution in [1.82, 2.24) is 9.78 Å². The van der Waals surface area contributed by atoms with E-state index in [-0.39, 0.29) is 6.04 Å². The van der Waals surface area contributed by atoms with Crippen molar-refractivity contribution in [2.45, 2.75) is 52.0 Å². The zero-order valence-electron chi connectivity index (χ0n) is 15.9. The smallest absolute Gasteiger partial charge is 0.0963 e. The van der Waals surface area contributed by atoms with E-state index in [1.807, 2.05) is 12.1 Å². The van der Waals surface area contributed by atoms with Crippen LogP contribution in [0.3, 0.4) is 0 Å². The van der Waals surface area contributed by atoms with Gasteiger partial charge in [0.05, 0.1) is 11.4 Å². The third-order valence-corrected chi connectivity index (χ3v) is 4.75. The second-order valence-electron chi connectivity index (χ2n) is 6.89. The third kappa shape index (κ3) is 4.05. The summed E-state index contributed by atoms with van der Waals surface area (Å²) in [5.74, 6) is 0. The van der Waals surface area contributed by atoms with Crippen molar-refractivity contribution in [2.24, 2.45) is 5.73 Å². The minimum Gasteiger partial charge on any atom is -0.327 e. The summed E-state index contributed by atoms with van der Waals surface area (Å²) < 4.78 is 2.12. The van der Waals surface area contributed by atoms with Crippen LogP contribution in [0.1, 0.15) is 44.4 Å². The lowest BCUT2D eigenvalue weighted by Gasteiger charge is -2.13. The second kappa shape index (κ2) is 8.81. The van der Waals surface area contributed by atoms with E-state index in [4.69, 9.17) is 10.8 Å². The maximum atomic E-state index is 6.44. The van der Waals surface area contributed by atoms with Gasteiger partial charge in [0.2, 0.25) is 0 Å². The Balaban J connectivity index is 2.15. The van der Waals surface area contributed by atoms with Crippen molar-refractivity contribution in [3.8, 4) is 16.9 Å². The van der Waals surface area contributed by atoms with Crippen LogP contribution in [0.5, 0.6) is 0 Å². The van der Waals surface area contributed by atoms with Gasteiger partial charge in [-0.1, -0.05) is 75.2 Å². The summed E-state index contributed by atoms with van der Waals surface area (Å²) >= 11 is 0. The molecule has 0 spiro atoms. The van der Waals surface area contributed by atoms with Crippen molar-refractivity contribution < 1.29 is 0 Å². The van der Waals surface area contributed by atoms with Crippen molar-refractivity contribution in [2.75, 3.05) is 0 Å². The molecule has 26 heavy (non-hydrogen) atoms. The number of benzene rings is 2. The zero-order valence-corrected chi connectivity index (χ0v) is 15.9. The summed E-state index contributed by atoms with van der Waals surface area (Å²) in [7, 11) is 0. The quantitative estimate of drug-likeness (QED) is 0.611. The summed E-state index contributed by atoms with van der Waals surface area (Å²) in [5, 5.41) is 5.04. The summed E-state index contributed by atoms with van der Waals surface area (Å²) in [5.41, 5.74) is 12.4. The molecule has 3 rings (SSSR count). The second-order valence-corrected chi connectivity index (χ2v) is 6.89. The van der Waals surface area contributed by atoms with Gasteiger partial charge in [0.15, 0.2) is 0 Å². The maximum Gasteiger partial charge on any atom is 0.0963 e. The first-order chi connectivity index (χ1) is 12.7. The van der Waals surface area contributed by atoms with Gasteiger partial charge in [-0.2, -0.15) is 5.10 Å². The van der Waals surface area contributed by atoms with E-state index < -0.39 is 0 Å². The molecule has 0 aliphatic carbocycles. The lowest BCUT2D eigenvalue weighted by atomic mass is 9.96. The highest BCUT2D eigenvalue weighted by molar-refractivity contribution is 5.65. The zero-order chi connectivity index (χ0) is 18.4. The van der Waals surface area contributed by atoms with E-state index in [1.165, 1.54) is 16.8 Å². The summed E-state index contributed by atoms with van der Waals surface area (Å²) in [6.07, 6.45) is 5.11. The normalized spacial score (nSPS) is 12.3. The maximum absolute atomic E-state index is 6.44. The highest BCUT2D eigenvalue weighted by atomic mass is 15.3. The van der Waals surface area contributed by atoms with E-state index in [2.05, 4.69) is 67.1 Å². The van der Waals surface area contributed by atoms with Gasteiger partial charge in [0.1, 0.15) is 0 Å². The molecule has 2 N–H and O–H groups in total. The Kier molecular flexibility index (Phi) is 6.24. The lowest BCUT2D eigenvalue weighted by molar-refractivity contribution is 0.597. The van der Waals surface area contributed by atoms with Gasteiger partial charge in [-0.3, -0.25) is 0 Å². The van der Waals surface area contributed by atoms with Crippen LogP contribution in [0, 0.1) is 0 Å². The molecular formula is C23H29N3. The van der Waals surface area contributed by atoms with Crippen LogP contribution in [-0.2, 0) is 12.8 Å². The first-order valence-corrected chi connectivity index (χ1v) is 9.71. The minimum absolute atomic E-state index is 0.173. The number of nitrogens with zero attached hydrogens (tertiary/aromatic N) is 2. The number of para-hydroxylation sites is 1. The molecule has 3 heteroatoms. The van der Waals surface area contributed by atoms with Crippen LogP contribution in [0.25, 0.3) is 16.9 Å². The average Bonchev–Trinajstić information content (AvgIpc) is 3.02. The van der Waals surface area contributed by atoms with Crippen LogP contribution in [-0.4, -0.2) is 15.8 Å². The summed E-state index contributed by atoms with van der Waals surface area (Å²) in [4.78, 5) is 0. The Bertz CT molecular complexity index is 806. The van der Waals surface area contributed by atoms with Crippen molar-refractivity contribution in [3.05, 3.63) is 71.9 Å². The number of hydrogen-bond acceptors (Lipinski definition) is 2. The molecule has 1 atom stereocenters. The number of nitrogens with two attached hydrogens (primary N) is 1. The molecule has 0 fully saturated rings. The van der Waals surface area contributed by atoms with Gasteiger partial charge in [-0.05, 0) is 31.4 Å². The van der Waals surface area contributed by atoms with E-state index in [1.54, 1.807) is 0 Å². The lowest BCUT2D eigenvalue weighted by Crippen LogP contribution is -2.23. The van der Waals surface area contributed by atoms with Crippen molar-refractivity contribution in [3.63, 3.8) is 0 Å². The molecule has 1 aromatic heterocycles. The number of rotatable bonds is 8. The van der Waals surface area contributed by atoms with E-state index in [9.17, 15) is 0 Å². The van der Waals surface area contributed by atoms with Crippen molar-refractivity contribution >= 4 is 0 Å². The number of hydrogen-bond donors (Lipinski definition) is 1. The predicted molar refractivity (Wildman–Crippen MR) is 110 cm³/mol. The van der Waals surface area contributed by atoms with E-state index in [0.29, 0.717) is 0 Å². The molecule has 0 radical (unpaired) electrons. The SMILES string of the molecule is CCCc1c(CC(N)CCC)c(-c2ccccc2)nn1-c1ccccc1. The molecule has 136 valence electrons. The Morgan fingerprint density at radius 2 is 1.58 bits per heavy atom. The molecule has 0 saturated carbocycles. The number of aromatic nitrogens is 2. The van der Waals surface area contributed by atoms with Crippen LogP contribution >= 0.6 is 0 Å². The van der Waals surface area contributed by atoms with E-state index >= 15 is 0 Å². The molecule has 1 heterocycles. The summed E-state index contributed by atoms with van der Waals surface area (Å²) in [6.45, 7) is 4.42. The molecular weight excluding hydrogens is 318 g/mol. The Labute approximate surface area is 156 Å². The molecule has 3 aromatic rings. The molecule has 0 amide bonds. The van der Waals surface area contributed by atoms with Gasteiger partial charge < -0.3 is 5.73 Å². The van der Waals surface area contributed by atoms with E-state index in [0.717, 1.165) is 43.5 Å². The third-order valence-electron chi connectivity index (χ3n) is 4.75. The topological polar surface area (TPSA) is 43.8 Å². The van der Waals surface area contributed by atoms with Gasteiger partial charge in [-0.25, -0.2) is 4.68 Å². The van der Waals surface area contributed by atoms with Gasteiger partial charge in [0.25, 0.3) is 0 Å². The minimum atomic E-state index is 0.173. The van der Waals surface area contributed by atoms with Crippen LogP contribution in [0.2, 0.25) is 0 Å². The molecule has 0 aliphatic rings. The van der Waals surface area contributed by atoms with Gasteiger partial charge in [0, 0.05) is 22.9 Å². The van der Waals surface area contributed by atoms with Crippen molar-refractivity contribution in [1.29, 1.82) is 0 Å². The van der Waals surface area contributed by atoms with Crippen LogP contribution in [0.4, 0.5) is 0 Å². The summed E-state index contributed by atoms with van der Waals surface area (Å²) in [6, 6.07) is 21.1. The molecule has 0 saturated heterocycles. The van der Waals surface area contributed by atoms with Crippen LogP contribution < -0.4 is 5.73 Å². The highest BCUT2D eigenvalue weighted by Gasteiger charge is 2.21. The first-order valence-electron chi connectivity index (χ1n) is 9.71. The monoisotopic (exact) mass is 347 g/mol. The Hall–Kier alpha value is -2.39. The van der Waals surface area contributed by atoms with Gasteiger partial charge >= 0.3 is 0 Å². The largest absolute Gasteiger partial charge is 0.327 e. The predicted octanol–water partition coefficient (Wildman–Crippen LogP) is 5.16. The highest BCUT2D eigenvalue weighted by Crippen LogP contribution is 2.30. The molecule has 3 nitrogen and oxygen atoms in total. The van der Waals surface area contributed by atoms with Crippen LogP contribution in [0.15, 0.2) is 60.7 Å². The standard InChI is InChI=1S/C23H29N3/c1-3-11-19(24)17-21-22(12-4-2)26(20-15-9-6-10-16-20)25-23(21)18-13-7-5-8-14-18/h5-10,13-16,19H,3-4,11-12,17,24H2,1-2H3. The molecule has 1 unspecified atom stereocenters. The molecule has 2 aromatic carbocycles. The molecule has 0 bridgehead atoms.